The van der Waals surface area contributed by atoms with Crippen molar-refractivity contribution in [1.82, 2.24) is 9.88 Å². The Hall–Kier alpha value is -3.12. The standard InChI is InChI=1S/C26H30N2O4/c1-19-24(18-32-26(29)28(2)16-20-12-14-30-15-13-20)27-23-11-7-6-10-22(23)25(19)31-17-21-8-4-3-5-9-21/h3-11,20H,12-18H2,1-2H3. The van der Waals surface area contributed by atoms with Gasteiger partial charge in [0.25, 0.3) is 0 Å². The van der Waals surface area contributed by atoms with Gasteiger partial charge >= 0.3 is 6.09 Å². The van der Waals surface area contributed by atoms with E-state index in [-0.39, 0.29) is 12.7 Å². The van der Waals surface area contributed by atoms with Crippen LogP contribution >= 0.6 is 0 Å². The van der Waals surface area contributed by atoms with E-state index in [1.54, 1.807) is 11.9 Å². The molecule has 168 valence electrons. The van der Waals surface area contributed by atoms with Gasteiger partial charge in [0.15, 0.2) is 0 Å². The molecule has 1 aromatic heterocycles. The van der Waals surface area contributed by atoms with Crippen molar-refractivity contribution in [2.24, 2.45) is 5.92 Å². The third kappa shape index (κ3) is 5.37. The summed E-state index contributed by atoms with van der Waals surface area (Å²) in [7, 11) is 1.78. The van der Waals surface area contributed by atoms with Crippen LogP contribution in [0.4, 0.5) is 4.79 Å². The average molecular weight is 435 g/mol. The van der Waals surface area contributed by atoms with Crippen molar-refractivity contribution in [1.29, 1.82) is 0 Å². The lowest BCUT2D eigenvalue weighted by atomic mass is 10.0. The van der Waals surface area contributed by atoms with Gasteiger partial charge in [0.2, 0.25) is 0 Å². The molecule has 0 saturated carbocycles. The van der Waals surface area contributed by atoms with Gasteiger partial charge in [0.05, 0.1) is 11.2 Å². The van der Waals surface area contributed by atoms with Gasteiger partial charge in [-0.25, -0.2) is 9.78 Å². The summed E-state index contributed by atoms with van der Waals surface area (Å²) in [5.74, 6) is 1.24. The highest BCUT2D eigenvalue weighted by molar-refractivity contribution is 5.86. The minimum absolute atomic E-state index is 0.106. The van der Waals surface area contributed by atoms with Gasteiger partial charge in [0, 0.05) is 37.8 Å². The number of fused-ring (bicyclic) bond motifs is 1. The van der Waals surface area contributed by atoms with Crippen LogP contribution in [0.25, 0.3) is 10.9 Å². The number of nitrogens with zero attached hydrogens (tertiary/aromatic N) is 2. The van der Waals surface area contributed by atoms with Crippen LogP contribution in [0.3, 0.4) is 0 Å². The van der Waals surface area contributed by atoms with E-state index in [4.69, 9.17) is 19.2 Å². The fourth-order valence-corrected chi connectivity index (χ4v) is 4.01. The highest BCUT2D eigenvalue weighted by atomic mass is 16.6. The minimum Gasteiger partial charge on any atom is -0.488 e. The van der Waals surface area contributed by atoms with Gasteiger partial charge < -0.3 is 19.1 Å². The van der Waals surface area contributed by atoms with Crippen molar-refractivity contribution in [3.63, 3.8) is 0 Å². The monoisotopic (exact) mass is 434 g/mol. The third-order valence-corrected chi connectivity index (χ3v) is 5.92. The summed E-state index contributed by atoms with van der Waals surface area (Å²) in [4.78, 5) is 19.0. The number of carbonyl (C=O) groups excluding carboxylic acids is 1. The summed E-state index contributed by atoms with van der Waals surface area (Å²) >= 11 is 0. The third-order valence-electron chi connectivity index (χ3n) is 5.92. The zero-order valence-corrected chi connectivity index (χ0v) is 18.8. The van der Waals surface area contributed by atoms with Gasteiger partial charge in [-0.2, -0.15) is 0 Å². The number of rotatable bonds is 7. The predicted octanol–water partition coefficient (Wildman–Crippen LogP) is 5.12. The fraction of sp³-hybridized carbons (Fsp3) is 0.385. The van der Waals surface area contributed by atoms with Crippen LogP contribution in [0.5, 0.6) is 5.75 Å². The molecule has 6 nitrogen and oxygen atoms in total. The maximum absolute atomic E-state index is 12.6. The van der Waals surface area contributed by atoms with E-state index in [1.165, 1.54) is 0 Å². The molecule has 0 N–H and O–H groups in total. The Balaban J connectivity index is 1.47. The fourth-order valence-electron chi connectivity index (χ4n) is 4.01. The summed E-state index contributed by atoms with van der Waals surface area (Å²) in [5.41, 5.74) is 3.51. The molecule has 3 aromatic rings. The van der Waals surface area contributed by atoms with E-state index in [0.29, 0.717) is 24.8 Å². The number of para-hydroxylation sites is 1. The number of carbonyl (C=O) groups is 1. The lowest BCUT2D eigenvalue weighted by Crippen LogP contribution is -2.34. The van der Waals surface area contributed by atoms with Crippen LogP contribution in [-0.4, -0.2) is 42.8 Å². The number of ether oxygens (including phenoxy) is 3. The van der Waals surface area contributed by atoms with Gasteiger partial charge in [-0.1, -0.05) is 42.5 Å². The first-order chi connectivity index (χ1) is 15.6. The predicted molar refractivity (Wildman–Crippen MR) is 124 cm³/mol. The molecule has 1 amide bonds. The van der Waals surface area contributed by atoms with E-state index in [0.717, 1.165) is 53.8 Å². The average Bonchev–Trinajstić information content (AvgIpc) is 2.83. The van der Waals surface area contributed by atoms with Crippen molar-refractivity contribution in [2.45, 2.75) is 33.0 Å². The maximum Gasteiger partial charge on any atom is 0.409 e. The molecule has 1 saturated heterocycles. The molecular formula is C26H30N2O4. The molecule has 4 rings (SSSR count). The topological polar surface area (TPSA) is 60.9 Å². The van der Waals surface area contributed by atoms with E-state index in [9.17, 15) is 4.79 Å². The van der Waals surface area contributed by atoms with E-state index in [2.05, 4.69) is 0 Å². The minimum atomic E-state index is -0.336. The van der Waals surface area contributed by atoms with Crippen LogP contribution < -0.4 is 4.74 Å². The van der Waals surface area contributed by atoms with Crippen molar-refractivity contribution >= 4 is 17.0 Å². The Morgan fingerprint density at radius 1 is 1.06 bits per heavy atom. The Morgan fingerprint density at radius 3 is 2.56 bits per heavy atom. The Morgan fingerprint density at radius 2 is 1.78 bits per heavy atom. The van der Waals surface area contributed by atoms with Crippen molar-refractivity contribution in [3.05, 3.63) is 71.4 Å². The molecule has 0 unspecified atom stereocenters. The molecular weight excluding hydrogens is 404 g/mol. The quantitative estimate of drug-likeness (QED) is 0.517. The normalized spacial score (nSPS) is 14.3. The van der Waals surface area contributed by atoms with Crippen LogP contribution in [0, 0.1) is 12.8 Å². The van der Waals surface area contributed by atoms with E-state index >= 15 is 0 Å². The summed E-state index contributed by atoms with van der Waals surface area (Å²) < 4.78 is 17.2. The molecule has 6 heteroatoms. The van der Waals surface area contributed by atoms with Gasteiger partial charge in [-0.05, 0) is 43.4 Å². The summed E-state index contributed by atoms with van der Waals surface area (Å²) in [5, 5.41) is 0.952. The van der Waals surface area contributed by atoms with Crippen molar-refractivity contribution in [3.8, 4) is 5.75 Å². The molecule has 0 bridgehead atoms. The highest BCUT2D eigenvalue weighted by Gasteiger charge is 2.20. The number of hydrogen-bond donors (Lipinski definition) is 0. The smallest absolute Gasteiger partial charge is 0.409 e. The van der Waals surface area contributed by atoms with Gasteiger partial charge in [0.1, 0.15) is 19.0 Å². The summed E-state index contributed by atoms with van der Waals surface area (Å²) in [6.07, 6.45) is 1.62. The zero-order valence-electron chi connectivity index (χ0n) is 18.8. The van der Waals surface area contributed by atoms with Crippen LogP contribution in [0.1, 0.15) is 29.7 Å². The highest BCUT2D eigenvalue weighted by Crippen LogP contribution is 2.31. The molecule has 1 fully saturated rings. The SMILES string of the molecule is Cc1c(COC(=O)N(C)CC2CCOCC2)nc2ccccc2c1OCc1ccccc1. The van der Waals surface area contributed by atoms with E-state index < -0.39 is 0 Å². The number of pyridine rings is 1. The van der Waals surface area contributed by atoms with Crippen molar-refractivity contribution < 1.29 is 19.0 Å². The largest absolute Gasteiger partial charge is 0.488 e. The summed E-state index contributed by atoms with van der Waals surface area (Å²) in [6.45, 7) is 4.74. The molecule has 0 spiro atoms. The lowest BCUT2D eigenvalue weighted by Gasteiger charge is -2.26. The van der Waals surface area contributed by atoms with Crippen LogP contribution in [0.15, 0.2) is 54.6 Å². The zero-order chi connectivity index (χ0) is 22.3. The maximum atomic E-state index is 12.6. The molecule has 2 heterocycles. The second kappa shape index (κ2) is 10.5. The van der Waals surface area contributed by atoms with Gasteiger partial charge in [-0.15, -0.1) is 0 Å². The van der Waals surface area contributed by atoms with E-state index in [1.807, 2.05) is 61.5 Å². The second-order valence-electron chi connectivity index (χ2n) is 8.29. The second-order valence-corrected chi connectivity index (χ2v) is 8.29. The van der Waals surface area contributed by atoms with Gasteiger partial charge in [-0.3, -0.25) is 0 Å². The Kier molecular flexibility index (Phi) is 7.22. The molecule has 0 radical (unpaired) electrons. The molecule has 1 aliphatic rings. The van der Waals surface area contributed by atoms with Crippen LogP contribution in [-0.2, 0) is 22.7 Å². The molecule has 32 heavy (non-hydrogen) atoms. The summed E-state index contributed by atoms with van der Waals surface area (Å²) in [6, 6.07) is 17.9. The number of hydrogen-bond acceptors (Lipinski definition) is 5. The molecule has 0 aliphatic carbocycles. The molecule has 1 aliphatic heterocycles. The Labute approximate surface area is 189 Å². The van der Waals surface area contributed by atoms with Crippen LogP contribution in [0.2, 0.25) is 0 Å². The number of benzene rings is 2. The first-order valence-corrected chi connectivity index (χ1v) is 11.1. The first kappa shape index (κ1) is 22.1. The van der Waals surface area contributed by atoms with Crippen molar-refractivity contribution in [2.75, 3.05) is 26.8 Å². The lowest BCUT2D eigenvalue weighted by molar-refractivity contribution is 0.0494. The number of amides is 1. The number of aromatic nitrogens is 1. The molecule has 2 aromatic carbocycles. The molecule has 0 atom stereocenters. The first-order valence-electron chi connectivity index (χ1n) is 11.1. The Bertz CT molecular complexity index is 1050.